The fourth-order valence-corrected chi connectivity index (χ4v) is 1.60. The molecule has 0 spiro atoms. The van der Waals surface area contributed by atoms with Crippen LogP contribution in [0.1, 0.15) is 13.3 Å². The zero-order valence-electron chi connectivity index (χ0n) is 9.32. The van der Waals surface area contributed by atoms with Gasteiger partial charge in [-0.05, 0) is 18.6 Å². The molecule has 0 aromatic heterocycles. The van der Waals surface area contributed by atoms with Crippen LogP contribution in [0.4, 0.5) is 5.69 Å². The summed E-state index contributed by atoms with van der Waals surface area (Å²) in [6.45, 7) is 3.26. The molecule has 1 aliphatic heterocycles. The molecule has 0 saturated carbocycles. The normalized spacial score (nSPS) is 15.0. The third kappa shape index (κ3) is 2.22. The lowest BCUT2D eigenvalue weighted by Crippen LogP contribution is -2.17. The molecular weight excluding hydrogens is 202 g/mol. The van der Waals surface area contributed by atoms with Crippen LogP contribution >= 0.6 is 0 Å². The number of rotatable bonds is 3. The number of ether oxygens (including phenoxy) is 2. The van der Waals surface area contributed by atoms with Crippen molar-refractivity contribution >= 4 is 5.69 Å². The number of fused-ring (bicyclic) bond motifs is 1. The van der Waals surface area contributed by atoms with Gasteiger partial charge in [-0.2, -0.15) is 0 Å². The van der Waals surface area contributed by atoms with Gasteiger partial charge in [0.05, 0.1) is 6.04 Å². The Balaban J connectivity index is 2.14. The third-order valence-corrected chi connectivity index (χ3v) is 2.49. The second-order valence-electron chi connectivity index (χ2n) is 3.63. The summed E-state index contributed by atoms with van der Waals surface area (Å²) in [4.78, 5) is 0. The van der Waals surface area contributed by atoms with Crippen molar-refractivity contribution in [3.05, 3.63) is 18.2 Å². The molecule has 1 aromatic rings. The van der Waals surface area contributed by atoms with Gasteiger partial charge in [-0.15, -0.1) is 6.42 Å². The van der Waals surface area contributed by atoms with Crippen molar-refractivity contribution in [2.24, 2.45) is 0 Å². The minimum absolute atomic E-state index is 0.0579. The Kier molecular flexibility index (Phi) is 3.21. The average molecular weight is 217 g/mol. The van der Waals surface area contributed by atoms with Crippen molar-refractivity contribution < 1.29 is 9.47 Å². The van der Waals surface area contributed by atoms with Crippen LogP contribution in [0.3, 0.4) is 0 Å². The van der Waals surface area contributed by atoms with Gasteiger partial charge in [-0.3, -0.25) is 0 Å². The predicted octanol–water partition coefficient (Wildman–Crippen LogP) is 2.28. The molecule has 3 heteroatoms. The van der Waals surface area contributed by atoms with Crippen molar-refractivity contribution in [1.82, 2.24) is 0 Å². The van der Waals surface area contributed by atoms with Gasteiger partial charge in [0.1, 0.15) is 13.2 Å². The first kappa shape index (κ1) is 10.7. The van der Waals surface area contributed by atoms with Gasteiger partial charge >= 0.3 is 0 Å². The van der Waals surface area contributed by atoms with Crippen LogP contribution in [0.15, 0.2) is 18.2 Å². The zero-order chi connectivity index (χ0) is 11.4. The van der Waals surface area contributed by atoms with Gasteiger partial charge in [0, 0.05) is 11.8 Å². The van der Waals surface area contributed by atoms with E-state index in [1.54, 1.807) is 0 Å². The molecule has 1 heterocycles. The third-order valence-electron chi connectivity index (χ3n) is 2.49. The lowest BCUT2D eigenvalue weighted by Gasteiger charge is -2.20. The summed E-state index contributed by atoms with van der Waals surface area (Å²) in [5.74, 6) is 4.27. The summed E-state index contributed by atoms with van der Waals surface area (Å²) in [6.07, 6.45) is 6.29. The van der Waals surface area contributed by atoms with E-state index in [1.165, 1.54) is 0 Å². The summed E-state index contributed by atoms with van der Waals surface area (Å²) in [7, 11) is 0. The second-order valence-corrected chi connectivity index (χ2v) is 3.63. The molecule has 1 aliphatic rings. The monoisotopic (exact) mass is 217 g/mol. The molecule has 0 bridgehead atoms. The molecule has 0 saturated heterocycles. The first-order chi connectivity index (χ1) is 7.83. The summed E-state index contributed by atoms with van der Waals surface area (Å²) >= 11 is 0. The Morgan fingerprint density at radius 1 is 1.38 bits per heavy atom. The van der Waals surface area contributed by atoms with E-state index in [9.17, 15) is 0 Å². The highest BCUT2D eigenvalue weighted by molar-refractivity contribution is 5.56. The topological polar surface area (TPSA) is 30.5 Å². The van der Waals surface area contributed by atoms with Crippen LogP contribution < -0.4 is 14.8 Å². The van der Waals surface area contributed by atoms with Crippen molar-refractivity contribution in [2.75, 3.05) is 18.5 Å². The molecule has 1 unspecified atom stereocenters. The summed E-state index contributed by atoms with van der Waals surface area (Å²) in [6, 6.07) is 5.84. The molecule has 84 valence electrons. The van der Waals surface area contributed by atoms with E-state index in [1.807, 2.05) is 18.2 Å². The first-order valence-electron chi connectivity index (χ1n) is 5.46. The Hall–Kier alpha value is -1.82. The lowest BCUT2D eigenvalue weighted by atomic mass is 10.2. The van der Waals surface area contributed by atoms with Crippen LogP contribution in [0.2, 0.25) is 0 Å². The SMILES string of the molecule is C#CC(CC)Nc1ccc2c(c1)OCCO2. The molecule has 2 rings (SSSR count). The van der Waals surface area contributed by atoms with E-state index in [-0.39, 0.29) is 6.04 Å². The molecule has 0 amide bonds. The summed E-state index contributed by atoms with van der Waals surface area (Å²) in [5.41, 5.74) is 0.967. The number of benzene rings is 1. The summed E-state index contributed by atoms with van der Waals surface area (Å²) < 4.78 is 10.9. The molecule has 1 aromatic carbocycles. The Morgan fingerprint density at radius 3 is 2.81 bits per heavy atom. The van der Waals surface area contributed by atoms with E-state index in [4.69, 9.17) is 15.9 Å². The van der Waals surface area contributed by atoms with Gasteiger partial charge in [-0.25, -0.2) is 0 Å². The fourth-order valence-electron chi connectivity index (χ4n) is 1.60. The van der Waals surface area contributed by atoms with Gasteiger partial charge in [0.15, 0.2) is 11.5 Å². The Bertz CT molecular complexity index is 409. The summed E-state index contributed by atoms with van der Waals surface area (Å²) in [5, 5.41) is 3.26. The number of hydrogen-bond acceptors (Lipinski definition) is 3. The largest absolute Gasteiger partial charge is 0.486 e. The van der Waals surface area contributed by atoms with Crippen molar-refractivity contribution in [3.8, 4) is 23.8 Å². The molecule has 0 aliphatic carbocycles. The van der Waals surface area contributed by atoms with Gasteiger partial charge in [-0.1, -0.05) is 12.8 Å². The van der Waals surface area contributed by atoms with E-state index in [0.717, 1.165) is 23.6 Å². The van der Waals surface area contributed by atoms with Crippen molar-refractivity contribution in [1.29, 1.82) is 0 Å². The highest BCUT2D eigenvalue weighted by Crippen LogP contribution is 2.32. The number of terminal acetylenes is 1. The highest BCUT2D eigenvalue weighted by atomic mass is 16.6. The maximum Gasteiger partial charge on any atom is 0.163 e. The molecular formula is C13H15NO2. The zero-order valence-corrected chi connectivity index (χ0v) is 9.32. The second kappa shape index (κ2) is 4.80. The van der Waals surface area contributed by atoms with Crippen molar-refractivity contribution in [2.45, 2.75) is 19.4 Å². The minimum Gasteiger partial charge on any atom is -0.486 e. The Morgan fingerprint density at radius 2 is 2.12 bits per heavy atom. The van der Waals surface area contributed by atoms with Crippen LogP contribution in [-0.4, -0.2) is 19.3 Å². The van der Waals surface area contributed by atoms with Crippen LogP contribution in [-0.2, 0) is 0 Å². The minimum atomic E-state index is 0.0579. The van der Waals surface area contributed by atoms with Crippen LogP contribution in [0.25, 0.3) is 0 Å². The van der Waals surface area contributed by atoms with E-state index in [0.29, 0.717) is 13.2 Å². The number of nitrogens with one attached hydrogen (secondary N) is 1. The predicted molar refractivity (Wildman–Crippen MR) is 64.0 cm³/mol. The highest BCUT2D eigenvalue weighted by Gasteiger charge is 2.12. The number of anilines is 1. The molecule has 16 heavy (non-hydrogen) atoms. The van der Waals surface area contributed by atoms with E-state index < -0.39 is 0 Å². The first-order valence-corrected chi connectivity index (χ1v) is 5.46. The van der Waals surface area contributed by atoms with Gasteiger partial charge in [0.25, 0.3) is 0 Å². The standard InChI is InChI=1S/C13H15NO2/c1-3-10(4-2)14-11-5-6-12-13(9-11)16-8-7-15-12/h1,5-6,9-10,14H,4,7-8H2,2H3. The maximum absolute atomic E-state index is 5.50. The quantitative estimate of drug-likeness (QED) is 0.788. The van der Waals surface area contributed by atoms with E-state index >= 15 is 0 Å². The van der Waals surface area contributed by atoms with Gasteiger partial charge < -0.3 is 14.8 Å². The molecule has 1 atom stereocenters. The molecule has 3 nitrogen and oxygen atoms in total. The molecule has 0 radical (unpaired) electrons. The number of hydrogen-bond donors (Lipinski definition) is 1. The lowest BCUT2D eigenvalue weighted by molar-refractivity contribution is 0.171. The smallest absolute Gasteiger partial charge is 0.163 e. The van der Waals surface area contributed by atoms with Crippen molar-refractivity contribution in [3.63, 3.8) is 0 Å². The van der Waals surface area contributed by atoms with Gasteiger partial charge in [0.2, 0.25) is 0 Å². The average Bonchev–Trinajstić information content (AvgIpc) is 2.35. The van der Waals surface area contributed by atoms with Crippen LogP contribution in [0, 0.1) is 12.3 Å². The van der Waals surface area contributed by atoms with E-state index in [2.05, 4.69) is 18.2 Å². The maximum atomic E-state index is 5.50. The van der Waals surface area contributed by atoms with Crippen LogP contribution in [0.5, 0.6) is 11.5 Å². The molecule has 0 fully saturated rings. The molecule has 1 N–H and O–H groups in total. The fraction of sp³-hybridized carbons (Fsp3) is 0.385. The Labute approximate surface area is 95.8 Å².